The summed E-state index contributed by atoms with van der Waals surface area (Å²) in [5.41, 5.74) is 0. The zero-order valence-electron chi connectivity index (χ0n) is 41.0. The van der Waals surface area contributed by atoms with Crippen LogP contribution in [0.3, 0.4) is 0 Å². The second kappa shape index (κ2) is 40.1. The quantitative estimate of drug-likeness (QED) is 0.00940. The van der Waals surface area contributed by atoms with Crippen molar-refractivity contribution in [1.82, 2.24) is 0 Å². The van der Waals surface area contributed by atoms with Crippen molar-refractivity contribution in [3.05, 3.63) is 109 Å². The molecule has 1 fully saturated rings. The van der Waals surface area contributed by atoms with Gasteiger partial charge in [-0.25, -0.2) is 9.13 Å². The Bertz CT molecular complexity index is 1780. The zero-order valence-corrected chi connectivity index (χ0v) is 42.8. The number of phosphoric ester groups is 2. The van der Waals surface area contributed by atoms with Gasteiger partial charge in [0.25, 0.3) is 0 Å². The van der Waals surface area contributed by atoms with Crippen LogP contribution < -0.4 is 0 Å². The third kappa shape index (κ3) is 34.1. The molecule has 398 valence electrons. The van der Waals surface area contributed by atoms with Gasteiger partial charge < -0.3 is 49.7 Å². The van der Waals surface area contributed by atoms with Crippen LogP contribution in [-0.4, -0.2) is 114 Å². The van der Waals surface area contributed by atoms with Crippen LogP contribution in [-0.2, 0) is 41.8 Å². The van der Waals surface area contributed by atoms with Crippen molar-refractivity contribution in [2.45, 2.75) is 185 Å². The summed E-state index contributed by atoms with van der Waals surface area (Å²) in [7, 11) is -10.8. The number of carbonyl (C=O) groups is 2. The lowest BCUT2D eigenvalue weighted by atomic mass is 9.85. The molecular formula is C51H82O17P2. The number of esters is 2. The Morgan fingerprint density at radius 1 is 0.529 bits per heavy atom. The fourth-order valence-corrected chi connectivity index (χ4v) is 8.09. The Kier molecular flexibility index (Phi) is 37.1. The van der Waals surface area contributed by atoms with E-state index >= 15 is 0 Å². The minimum absolute atomic E-state index is 0.0363. The first-order valence-electron chi connectivity index (χ1n) is 24.5. The van der Waals surface area contributed by atoms with E-state index in [4.69, 9.17) is 18.5 Å². The number of carbonyl (C=O) groups excluding carboxylic acids is 2. The van der Waals surface area contributed by atoms with Gasteiger partial charge in [-0.1, -0.05) is 149 Å². The van der Waals surface area contributed by atoms with Gasteiger partial charge in [-0.3, -0.25) is 23.2 Å². The Labute approximate surface area is 415 Å². The van der Waals surface area contributed by atoms with Crippen LogP contribution in [0.2, 0.25) is 0 Å². The van der Waals surface area contributed by atoms with Crippen LogP contribution in [0.15, 0.2) is 109 Å². The number of unbranched alkanes of at least 4 members (excludes halogenated alkanes) is 7. The van der Waals surface area contributed by atoms with Crippen molar-refractivity contribution in [1.29, 1.82) is 0 Å². The van der Waals surface area contributed by atoms with Gasteiger partial charge in [-0.2, -0.15) is 0 Å². The van der Waals surface area contributed by atoms with E-state index in [1.54, 1.807) is 24.3 Å². The van der Waals surface area contributed by atoms with Gasteiger partial charge in [0, 0.05) is 12.8 Å². The molecule has 0 heterocycles. The number of hydrogen-bond acceptors (Lipinski definition) is 14. The summed E-state index contributed by atoms with van der Waals surface area (Å²) in [6.45, 7) is 2.86. The predicted octanol–water partition coefficient (Wildman–Crippen LogP) is 8.70. The molecule has 0 spiro atoms. The summed E-state index contributed by atoms with van der Waals surface area (Å²) in [5.74, 6) is -1.44. The van der Waals surface area contributed by atoms with E-state index in [0.717, 1.165) is 38.5 Å². The van der Waals surface area contributed by atoms with Gasteiger partial charge in [0.2, 0.25) is 0 Å². The summed E-state index contributed by atoms with van der Waals surface area (Å²) in [4.78, 5) is 54.3. The summed E-state index contributed by atoms with van der Waals surface area (Å²) in [5, 5.41) is 51.4. The number of ether oxygens (including phenoxy) is 2. The second-order valence-corrected chi connectivity index (χ2v) is 19.3. The molecule has 0 aromatic rings. The Morgan fingerprint density at radius 2 is 1.01 bits per heavy atom. The van der Waals surface area contributed by atoms with E-state index in [1.807, 2.05) is 36.5 Å². The first kappa shape index (κ1) is 64.6. The smallest absolute Gasteiger partial charge is 0.462 e. The molecule has 6 unspecified atom stereocenters. The van der Waals surface area contributed by atoms with Crippen molar-refractivity contribution >= 4 is 27.6 Å². The van der Waals surface area contributed by atoms with E-state index in [-0.39, 0.29) is 19.3 Å². The van der Waals surface area contributed by atoms with E-state index in [0.29, 0.717) is 25.7 Å². The standard InChI is InChI=1S/C51H82O17P2/c1-3-5-7-9-11-13-14-15-16-17-18-19-20-21-22-24-26-30-35-39-45(54)66-43(41-65-70(62,63)68-51-48(57)46(55)47(56)50(49(51)58)67-69(59,60)61)40-64-44(53)38-34-31-27-29-33-37-42(52)36-32-28-25-23-12-10-8-6-4-2/h11-13,15-16,18-19,21-23,26-30,32-33,37,42-43,46-52,55-58H,3-10,14,17,20,24-25,31,34-36,38-41H2,1-2H3,(H,62,63)(H2,59,60,61)/b13-11-,16-15-,19-18-,22-21-,23-12-,29-27+,30-26-,32-28-,37-33-/t42?,43-,46?,47?,48?,49?,50-,51+/m1/s1. The van der Waals surface area contributed by atoms with Crippen molar-refractivity contribution in [3.63, 3.8) is 0 Å². The number of hydrogen-bond donors (Lipinski definition) is 8. The van der Waals surface area contributed by atoms with Crippen LogP contribution in [0.4, 0.5) is 0 Å². The molecule has 0 aromatic carbocycles. The molecule has 1 rings (SSSR count). The normalized spacial score (nSPS) is 22.4. The molecular weight excluding hydrogens is 946 g/mol. The molecule has 1 aliphatic carbocycles. The highest BCUT2D eigenvalue weighted by atomic mass is 31.2. The average molecular weight is 1030 g/mol. The third-order valence-corrected chi connectivity index (χ3v) is 11.9. The van der Waals surface area contributed by atoms with Gasteiger partial charge in [0.05, 0.1) is 12.7 Å². The number of phosphoric acid groups is 2. The molecule has 19 heteroatoms. The summed E-state index contributed by atoms with van der Waals surface area (Å²) < 4.78 is 49.2. The second-order valence-electron chi connectivity index (χ2n) is 16.7. The van der Waals surface area contributed by atoms with Crippen LogP contribution in [0, 0.1) is 0 Å². The first-order valence-corrected chi connectivity index (χ1v) is 27.6. The maximum atomic E-state index is 13.0. The third-order valence-electron chi connectivity index (χ3n) is 10.4. The molecule has 0 bridgehead atoms. The van der Waals surface area contributed by atoms with Crippen LogP contribution in [0.1, 0.15) is 136 Å². The highest BCUT2D eigenvalue weighted by Gasteiger charge is 2.54. The number of aliphatic hydroxyl groups excluding tert-OH is 5. The van der Waals surface area contributed by atoms with Crippen LogP contribution in [0.25, 0.3) is 0 Å². The minimum Gasteiger partial charge on any atom is -0.462 e. The molecule has 0 aromatic heterocycles. The molecule has 0 saturated heterocycles. The summed E-state index contributed by atoms with van der Waals surface area (Å²) >= 11 is 0. The van der Waals surface area contributed by atoms with E-state index in [1.165, 1.54) is 38.5 Å². The monoisotopic (exact) mass is 1030 g/mol. The van der Waals surface area contributed by atoms with Gasteiger partial charge >= 0.3 is 27.6 Å². The minimum atomic E-state index is -5.39. The number of rotatable bonds is 39. The fraction of sp³-hybridized carbons (Fsp3) is 0.608. The molecule has 1 saturated carbocycles. The Balaban J connectivity index is 2.72. The molecule has 9 atom stereocenters. The lowest BCUT2D eigenvalue weighted by Gasteiger charge is -2.43. The van der Waals surface area contributed by atoms with Gasteiger partial charge in [-0.15, -0.1) is 0 Å². The molecule has 70 heavy (non-hydrogen) atoms. The highest BCUT2D eigenvalue weighted by Crippen LogP contribution is 2.49. The van der Waals surface area contributed by atoms with E-state index in [9.17, 15) is 58.9 Å². The van der Waals surface area contributed by atoms with Crippen molar-refractivity contribution in [2.24, 2.45) is 0 Å². The van der Waals surface area contributed by atoms with Gasteiger partial charge in [-0.05, 0) is 83.5 Å². The number of allylic oxidation sites excluding steroid dienone is 16. The molecule has 0 aliphatic heterocycles. The lowest BCUT2D eigenvalue weighted by molar-refractivity contribution is -0.216. The van der Waals surface area contributed by atoms with E-state index < -0.39 is 89.6 Å². The first-order chi connectivity index (χ1) is 33.5. The maximum absolute atomic E-state index is 13.0. The van der Waals surface area contributed by atoms with Gasteiger partial charge in [0.1, 0.15) is 43.2 Å². The zero-order chi connectivity index (χ0) is 51.9. The topological polar surface area (TPSA) is 276 Å². The molecule has 0 amide bonds. The Morgan fingerprint density at radius 3 is 1.54 bits per heavy atom. The van der Waals surface area contributed by atoms with Crippen LogP contribution in [0.5, 0.6) is 0 Å². The molecule has 1 aliphatic rings. The van der Waals surface area contributed by atoms with Crippen molar-refractivity contribution in [2.75, 3.05) is 13.2 Å². The molecule has 17 nitrogen and oxygen atoms in total. The number of aliphatic hydroxyl groups is 5. The maximum Gasteiger partial charge on any atom is 0.472 e. The summed E-state index contributed by atoms with van der Waals surface area (Å²) in [6.07, 6.45) is 35.1. The molecule has 8 N–H and O–H groups in total. The van der Waals surface area contributed by atoms with Crippen LogP contribution >= 0.6 is 15.6 Å². The fourth-order valence-electron chi connectivity index (χ4n) is 6.55. The molecule has 0 radical (unpaired) electrons. The van der Waals surface area contributed by atoms with Crippen molar-refractivity contribution < 1.29 is 82.0 Å². The average Bonchev–Trinajstić information content (AvgIpc) is 3.31. The van der Waals surface area contributed by atoms with Crippen molar-refractivity contribution in [3.8, 4) is 0 Å². The lowest BCUT2D eigenvalue weighted by Crippen LogP contribution is -2.64. The summed E-state index contributed by atoms with van der Waals surface area (Å²) in [6, 6.07) is 0. The largest absolute Gasteiger partial charge is 0.472 e. The highest BCUT2D eigenvalue weighted by molar-refractivity contribution is 7.47. The predicted molar refractivity (Wildman–Crippen MR) is 270 cm³/mol. The Hall–Kier alpha value is -3.38. The van der Waals surface area contributed by atoms with E-state index in [2.05, 4.69) is 67.0 Å². The SMILES string of the molecule is CCCCC/C=C\C/C=C\C/C=C\C/C=C\C/C=C\CCC(=O)O[C@H](COC(=O)CCC/C=C/C=C\C(O)C/C=C\C/C=C\CCCCC)COP(=O)(O)O[C@H]1C(O)C(O)C(O)[C@@H](OP(=O)(O)O)C1O. The van der Waals surface area contributed by atoms with Gasteiger partial charge in [0.15, 0.2) is 6.10 Å².